The Balaban J connectivity index is 0.689. The van der Waals surface area contributed by atoms with Crippen molar-refractivity contribution in [3.05, 3.63) is 23.3 Å². The van der Waals surface area contributed by atoms with E-state index in [4.69, 9.17) is 9.47 Å². The second-order valence-corrected chi connectivity index (χ2v) is 27.9. The number of allylic oxidation sites excluding steroid dienone is 2. The van der Waals surface area contributed by atoms with E-state index < -0.39 is 0 Å². The molecule has 0 aromatic rings. The minimum atomic E-state index is 0.0111. The van der Waals surface area contributed by atoms with Gasteiger partial charge >= 0.3 is 11.9 Å². The lowest BCUT2D eigenvalue weighted by atomic mass is 9.47. The average Bonchev–Trinajstić information content (AvgIpc) is 3.84. The van der Waals surface area contributed by atoms with Crippen molar-refractivity contribution in [2.75, 3.05) is 0 Å². The second-order valence-electron chi connectivity index (χ2n) is 27.9. The monoisotopic (exact) mass is 939 g/mol. The second kappa shape index (κ2) is 22.3. The Labute approximate surface area is 419 Å². The molecule has 4 nitrogen and oxygen atoms in total. The van der Waals surface area contributed by atoms with Gasteiger partial charge in [0.15, 0.2) is 0 Å². The van der Waals surface area contributed by atoms with Crippen LogP contribution < -0.4 is 0 Å². The number of rotatable bonds is 21. The Kier molecular flexibility index (Phi) is 17.3. The van der Waals surface area contributed by atoms with Gasteiger partial charge in [-0.3, -0.25) is 9.59 Å². The molecule has 386 valence electrons. The molecule has 0 aromatic carbocycles. The molecule has 6 fully saturated rings. The quantitative estimate of drug-likeness (QED) is 0.0654. The zero-order valence-electron chi connectivity index (χ0n) is 46.1. The van der Waals surface area contributed by atoms with Crippen molar-refractivity contribution >= 4 is 11.9 Å². The van der Waals surface area contributed by atoms with Crippen molar-refractivity contribution in [2.45, 2.75) is 274 Å². The third-order valence-electron chi connectivity index (χ3n) is 23.1. The molecule has 16 atom stereocenters. The van der Waals surface area contributed by atoms with E-state index in [1.165, 1.54) is 116 Å². The molecular formula is C64H106O4. The Morgan fingerprint density at radius 3 is 1.28 bits per heavy atom. The lowest BCUT2D eigenvalue weighted by molar-refractivity contribution is -0.152. The third kappa shape index (κ3) is 11.0. The number of carbonyl (C=O) groups excluding carboxylic acids is 2. The molecule has 8 aliphatic carbocycles. The van der Waals surface area contributed by atoms with Gasteiger partial charge in [-0.1, -0.05) is 157 Å². The number of esters is 2. The fourth-order valence-electron chi connectivity index (χ4n) is 19.2. The maximum Gasteiger partial charge on any atom is 0.306 e. The summed E-state index contributed by atoms with van der Waals surface area (Å²) < 4.78 is 12.4. The van der Waals surface area contributed by atoms with Gasteiger partial charge in [0, 0.05) is 25.7 Å². The fourth-order valence-corrected chi connectivity index (χ4v) is 19.2. The molecule has 6 saturated carbocycles. The van der Waals surface area contributed by atoms with E-state index in [9.17, 15) is 9.59 Å². The van der Waals surface area contributed by atoms with Crippen molar-refractivity contribution in [1.29, 1.82) is 0 Å². The van der Waals surface area contributed by atoms with Crippen LogP contribution in [-0.2, 0) is 19.1 Å². The van der Waals surface area contributed by atoms with Gasteiger partial charge in [-0.25, -0.2) is 0 Å². The first kappa shape index (κ1) is 52.7. The van der Waals surface area contributed by atoms with Gasteiger partial charge in [0.2, 0.25) is 0 Å². The van der Waals surface area contributed by atoms with Crippen molar-refractivity contribution in [3.63, 3.8) is 0 Å². The molecule has 0 bridgehead atoms. The normalized spacial score (nSPS) is 40.5. The van der Waals surface area contributed by atoms with E-state index in [2.05, 4.69) is 81.4 Å². The van der Waals surface area contributed by atoms with Crippen LogP contribution in [0, 0.1) is 92.7 Å². The Hall–Kier alpha value is -1.58. The highest BCUT2D eigenvalue weighted by Gasteiger charge is 2.61. The van der Waals surface area contributed by atoms with Crippen LogP contribution in [0.15, 0.2) is 23.3 Å². The topological polar surface area (TPSA) is 52.6 Å². The number of hydrogen-bond acceptors (Lipinski definition) is 4. The van der Waals surface area contributed by atoms with E-state index in [1.54, 1.807) is 11.1 Å². The number of hydrogen-bond donors (Lipinski definition) is 0. The highest BCUT2D eigenvalue weighted by molar-refractivity contribution is 5.70. The van der Waals surface area contributed by atoms with Crippen LogP contribution in [0.5, 0.6) is 0 Å². The maximum absolute atomic E-state index is 13.1. The first-order chi connectivity index (χ1) is 32.5. The first-order valence-corrected chi connectivity index (χ1v) is 30.2. The van der Waals surface area contributed by atoms with Gasteiger partial charge in [-0.15, -0.1) is 0 Å². The molecule has 0 aromatic heterocycles. The Morgan fingerprint density at radius 1 is 0.485 bits per heavy atom. The molecule has 0 saturated heterocycles. The minimum Gasteiger partial charge on any atom is -0.462 e. The summed E-state index contributed by atoms with van der Waals surface area (Å²) in [6, 6.07) is 0. The van der Waals surface area contributed by atoms with Gasteiger partial charge in [0.25, 0.3) is 0 Å². The van der Waals surface area contributed by atoms with Crippen molar-refractivity contribution in [3.8, 4) is 0 Å². The van der Waals surface area contributed by atoms with Crippen LogP contribution in [-0.4, -0.2) is 24.1 Å². The van der Waals surface area contributed by atoms with Crippen LogP contribution >= 0.6 is 0 Å². The predicted octanol–water partition coefficient (Wildman–Crippen LogP) is 18.0. The molecule has 8 rings (SSSR count). The maximum atomic E-state index is 13.1. The van der Waals surface area contributed by atoms with Crippen LogP contribution in [0.4, 0.5) is 0 Å². The lowest BCUT2D eigenvalue weighted by Crippen LogP contribution is -2.51. The van der Waals surface area contributed by atoms with Gasteiger partial charge in [0.05, 0.1) is 0 Å². The summed E-state index contributed by atoms with van der Waals surface area (Å²) in [5.74, 6) is 10.3. The van der Waals surface area contributed by atoms with Crippen LogP contribution in [0.3, 0.4) is 0 Å². The SMILES string of the molecule is CC(C)CCC[C@@H](C)[C@H]1CCC2C3CC=C4CC(OC(=O)CCCCCCCCC(=O)OC5CC[C@@]6(C)C(=CCC7C6CC[C@@]6(C)C7CC[C@@H]6[C@H](C)CCCC(C)C)C5)CC[C@]4(C)C3CC[C@@]21C. The Bertz CT molecular complexity index is 1630. The molecule has 8 aliphatic rings. The van der Waals surface area contributed by atoms with Crippen LogP contribution in [0.1, 0.15) is 262 Å². The summed E-state index contributed by atoms with van der Waals surface area (Å²) in [5, 5.41) is 0. The molecule has 0 N–H and O–H groups in total. The molecule has 8 unspecified atom stereocenters. The predicted molar refractivity (Wildman–Crippen MR) is 283 cm³/mol. The van der Waals surface area contributed by atoms with E-state index in [1.807, 2.05) is 0 Å². The van der Waals surface area contributed by atoms with Gasteiger partial charge in [-0.05, 0) is 195 Å². The molecule has 0 heterocycles. The van der Waals surface area contributed by atoms with Gasteiger partial charge < -0.3 is 9.47 Å². The summed E-state index contributed by atoms with van der Waals surface area (Å²) >= 11 is 0. The standard InChI is InChI=1S/C64H106O4/c1-43(2)19-17-21-45(5)53-29-31-55-51-27-25-47-41-49(33-37-61(47,7)57(51)35-39-63(53,55)9)67-59(65)23-15-13-11-12-14-16-24-60(66)68-50-34-38-62(8)48(42-50)26-28-52-56-32-30-54(46(6)22-18-20-44(3)4)64(56,10)40-36-58(52)62/h25-26,43-46,49-58H,11-24,27-42H2,1-10H3/t45-,46-,49?,50?,51?,52?,53-,54-,55?,56?,57?,58?,61+,62+,63-,64-/m1/s1. The van der Waals surface area contributed by atoms with E-state index in [0.29, 0.717) is 34.5 Å². The fraction of sp³-hybridized carbons (Fsp3) is 0.906. The van der Waals surface area contributed by atoms with Gasteiger partial charge in [0.1, 0.15) is 12.2 Å². The molecule has 0 aliphatic heterocycles. The van der Waals surface area contributed by atoms with Crippen molar-refractivity contribution in [1.82, 2.24) is 0 Å². The molecule has 4 heteroatoms. The average molecular weight is 940 g/mol. The zero-order chi connectivity index (χ0) is 48.4. The zero-order valence-corrected chi connectivity index (χ0v) is 46.1. The van der Waals surface area contributed by atoms with Crippen LogP contribution in [0.25, 0.3) is 0 Å². The van der Waals surface area contributed by atoms with Crippen molar-refractivity contribution < 1.29 is 19.1 Å². The minimum absolute atomic E-state index is 0.0111. The highest BCUT2D eigenvalue weighted by Crippen LogP contribution is 2.69. The summed E-state index contributed by atoms with van der Waals surface area (Å²) in [6.45, 7) is 25.3. The summed E-state index contributed by atoms with van der Waals surface area (Å²) in [6.07, 6.45) is 41.3. The summed E-state index contributed by atoms with van der Waals surface area (Å²) in [4.78, 5) is 26.2. The molecule has 0 amide bonds. The molecule has 0 radical (unpaired) electrons. The van der Waals surface area contributed by atoms with E-state index >= 15 is 0 Å². The van der Waals surface area contributed by atoms with Crippen molar-refractivity contribution in [2.24, 2.45) is 92.7 Å². The molecule has 0 spiro atoms. The number of carbonyl (C=O) groups is 2. The summed E-state index contributed by atoms with van der Waals surface area (Å²) in [7, 11) is 0. The Morgan fingerprint density at radius 2 is 0.882 bits per heavy atom. The molecular weight excluding hydrogens is 833 g/mol. The smallest absolute Gasteiger partial charge is 0.306 e. The van der Waals surface area contributed by atoms with Crippen LogP contribution in [0.2, 0.25) is 0 Å². The van der Waals surface area contributed by atoms with E-state index in [0.717, 1.165) is 135 Å². The largest absolute Gasteiger partial charge is 0.462 e. The summed E-state index contributed by atoms with van der Waals surface area (Å²) in [5.41, 5.74) is 4.89. The van der Waals surface area contributed by atoms with Gasteiger partial charge in [-0.2, -0.15) is 0 Å². The third-order valence-corrected chi connectivity index (χ3v) is 23.1. The highest BCUT2D eigenvalue weighted by atomic mass is 16.5. The number of fused-ring (bicyclic) bond motifs is 10. The van der Waals surface area contributed by atoms with E-state index in [-0.39, 0.29) is 24.1 Å². The number of ether oxygens (including phenoxy) is 2. The first-order valence-electron chi connectivity index (χ1n) is 30.2. The molecule has 68 heavy (non-hydrogen) atoms. The lowest BCUT2D eigenvalue weighted by Gasteiger charge is -2.58. The number of unbranched alkanes of at least 4 members (excludes halogenated alkanes) is 5.